The van der Waals surface area contributed by atoms with Crippen molar-refractivity contribution in [2.24, 2.45) is 0 Å². The molecule has 0 spiro atoms. The second-order valence-electron chi connectivity index (χ2n) is 6.10. The first-order chi connectivity index (χ1) is 10.9. The first kappa shape index (κ1) is 13.5. The normalized spacial score (nSPS) is 15.8. The van der Waals surface area contributed by atoms with Crippen molar-refractivity contribution in [1.82, 2.24) is 9.88 Å². The quantitative estimate of drug-likeness (QED) is 0.724. The molecule has 0 bridgehead atoms. The highest BCUT2D eigenvalue weighted by Gasteiger charge is 2.28. The topological polar surface area (TPSA) is 16.1 Å². The molecule has 0 amide bonds. The van der Waals surface area contributed by atoms with Gasteiger partial charge in [-0.05, 0) is 34.9 Å². The van der Waals surface area contributed by atoms with E-state index < -0.39 is 0 Å². The van der Waals surface area contributed by atoms with Gasteiger partial charge in [0.05, 0.1) is 0 Å². The van der Waals surface area contributed by atoms with Gasteiger partial charge in [0.15, 0.2) is 0 Å². The lowest BCUT2D eigenvalue weighted by atomic mass is 9.94. The van der Waals surface area contributed by atoms with Gasteiger partial charge in [-0.15, -0.1) is 0 Å². The maximum absolute atomic E-state index is 4.47. The summed E-state index contributed by atoms with van der Waals surface area (Å²) in [7, 11) is 0. The zero-order valence-corrected chi connectivity index (χ0v) is 12.7. The van der Waals surface area contributed by atoms with E-state index in [0.717, 1.165) is 26.1 Å². The number of aromatic nitrogens is 1. The van der Waals surface area contributed by atoms with Gasteiger partial charge in [0.25, 0.3) is 0 Å². The van der Waals surface area contributed by atoms with Crippen LogP contribution in [0, 0.1) is 0 Å². The predicted octanol–water partition coefficient (Wildman–Crippen LogP) is 3.88. The predicted molar refractivity (Wildman–Crippen MR) is 91.1 cm³/mol. The van der Waals surface area contributed by atoms with Crippen molar-refractivity contribution in [3.8, 4) is 0 Å². The molecule has 1 aliphatic rings. The zero-order chi connectivity index (χ0) is 14.8. The molecule has 0 unspecified atom stereocenters. The standard InChI is InChI=1S/C20H20N2/c1-2-9-19-16(6-1)7-5-8-17(19)11-13-22-14-18(15-22)20-10-3-4-12-21-20/h1-10,12,18H,11,13-15H2. The fraction of sp³-hybridized carbons (Fsp3) is 0.250. The molecule has 4 rings (SSSR count). The molecular formula is C20H20N2. The van der Waals surface area contributed by atoms with Crippen LogP contribution in [0.15, 0.2) is 66.9 Å². The van der Waals surface area contributed by atoms with E-state index >= 15 is 0 Å². The molecule has 2 heteroatoms. The van der Waals surface area contributed by atoms with Gasteiger partial charge in [0, 0.05) is 37.4 Å². The van der Waals surface area contributed by atoms with Gasteiger partial charge in [-0.25, -0.2) is 0 Å². The number of pyridine rings is 1. The summed E-state index contributed by atoms with van der Waals surface area (Å²) in [6.07, 6.45) is 3.02. The van der Waals surface area contributed by atoms with Crippen LogP contribution in [0.4, 0.5) is 0 Å². The van der Waals surface area contributed by atoms with Crippen LogP contribution in [0.2, 0.25) is 0 Å². The molecule has 3 aromatic rings. The second kappa shape index (κ2) is 5.90. The third-order valence-electron chi connectivity index (χ3n) is 4.64. The minimum atomic E-state index is 0.619. The van der Waals surface area contributed by atoms with Gasteiger partial charge in [0.1, 0.15) is 0 Å². The summed E-state index contributed by atoms with van der Waals surface area (Å²) in [5, 5.41) is 2.74. The molecule has 1 saturated heterocycles. The molecule has 110 valence electrons. The fourth-order valence-corrected chi connectivity index (χ4v) is 3.35. The van der Waals surface area contributed by atoms with Gasteiger partial charge in [0.2, 0.25) is 0 Å². The molecule has 1 aromatic heterocycles. The van der Waals surface area contributed by atoms with Crippen molar-refractivity contribution in [2.45, 2.75) is 12.3 Å². The molecule has 1 fully saturated rings. The van der Waals surface area contributed by atoms with Gasteiger partial charge in [-0.2, -0.15) is 0 Å². The number of hydrogen-bond acceptors (Lipinski definition) is 2. The highest BCUT2D eigenvalue weighted by atomic mass is 15.2. The Bertz CT molecular complexity index is 756. The summed E-state index contributed by atoms with van der Waals surface area (Å²) in [4.78, 5) is 7.00. The van der Waals surface area contributed by atoms with Crippen molar-refractivity contribution in [3.63, 3.8) is 0 Å². The number of fused-ring (bicyclic) bond motifs is 1. The molecular weight excluding hydrogens is 268 g/mol. The SMILES string of the molecule is c1ccc(C2CN(CCc3cccc4ccccc34)C2)nc1. The lowest BCUT2D eigenvalue weighted by Gasteiger charge is -2.39. The average Bonchev–Trinajstić information content (AvgIpc) is 2.54. The van der Waals surface area contributed by atoms with Crippen LogP contribution in [0.1, 0.15) is 17.2 Å². The molecule has 0 atom stereocenters. The molecule has 0 saturated carbocycles. The summed E-state index contributed by atoms with van der Waals surface area (Å²) >= 11 is 0. The first-order valence-corrected chi connectivity index (χ1v) is 8.00. The Labute approximate surface area is 131 Å². The molecule has 2 aromatic carbocycles. The number of nitrogens with zero attached hydrogens (tertiary/aromatic N) is 2. The van der Waals surface area contributed by atoms with Crippen molar-refractivity contribution >= 4 is 10.8 Å². The number of benzene rings is 2. The highest BCUT2D eigenvalue weighted by molar-refractivity contribution is 5.85. The van der Waals surface area contributed by atoms with E-state index in [0.29, 0.717) is 5.92 Å². The van der Waals surface area contributed by atoms with E-state index in [1.54, 1.807) is 0 Å². The molecule has 0 radical (unpaired) electrons. The van der Waals surface area contributed by atoms with Crippen LogP contribution in [0.25, 0.3) is 10.8 Å². The summed E-state index contributed by atoms with van der Waals surface area (Å²) in [5.74, 6) is 0.619. The fourth-order valence-electron chi connectivity index (χ4n) is 3.35. The zero-order valence-electron chi connectivity index (χ0n) is 12.7. The Hall–Kier alpha value is -2.19. The monoisotopic (exact) mass is 288 g/mol. The molecule has 2 nitrogen and oxygen atoms in total. The Morgan fingerprint density at radius 2 is 1.73 bits per heavy atom. The summed E-state index contributed by atoms with van der Waals surface area (Å²) < 4.78 is 0. The van der Waals surface area contributed by atoms with Crippen LogP contribution in [0.5, 0.6) is 0 Å². The smallest absolute Gasteiger partial charge is 0.0460 e. The van der Waals surface area contributed by atoms with E-state index in [1.807, 2.05) is 12.3 Å². The minimum absolute atomic E-state index is 0.619. The number of hydrogen-bond donors (Lipinski definition) is 0. The van der Waals surface area contributed by atoms with Crippen molar-refractivity contribution in [3.05, 3.63) is 78.1 Å². The molecule has 1 aliphatic heterocycles. The highest BCUT2D eigenvalue weighted by Crippen LogP contribution is 2.26. The van der Waals surface area contributed by atoms with E-state index in [9.17, 15) is 0 Å². The number of rotatable bonds is 4. The van der Waals surface area contributed by atoms with Crippen molar-refractivity contribution < 1.29 is 0 Å². The average molecular weight is 288 g/mol. The summed E-state index contributed by atoms with van der Waals surface area (Å²) in [6, 6.07) is 21.5. The van der Waals surface area contributed by atoms with Crippen LogP contribution in [-0.2, 0) is 6.42 Å². The van der Waals surface area contributed by atoms with Crippen LogP contribution >= 0.6 is 0 Å². The van der Waals surface area contributed by atoms with Gasteiger partial charge < -0.3 is 4.90 Å². The maximum atomic E-state index is 4.47. The van der Waals surface area contributed by atoms with Crippen LogP contribution in [-0.4, -0.2) is 29.5 Å². The van der Waals surface area contributed by atoms with Gasteiger partial charge in [-0.1, -0.05) is 48.5 Å². The van der Waals surface area contributed by atoms with Crippen LogP contribution in [0.3, 0.4) is 0 Å². The van der Waals surface area contributed by atoms with Gasteiger partial charge in [-0.3, -0.25) is 4.98 Å². The molecule has 2 heterocycles. The molecule has 22 heavy (non-hydrogen) atoms. The Morgan fingerprint density at radius 3 is 2.59 bits per heavy atom. The summed E-state index contributed by atoms with van der Waals surface area (Å²) in [5.41, 5.74) is 2.70. The van der Waals surface area contributed by atoms with Crippen molar-refractivity contribution in [1.29, 1.82) is 0 Å². The van der Waals surface area contributed by atoms with Crippen molar-refractivity contribution in [2.75, 3.05) is 19.6 Å². The molecule has 0 N–H and O–H groups in total. The summed E-state index contributed by atoms with van der Waals surface area (Å²) in [6.45, 7) is 3.42. The van der Waals surface area contributed by atoms with E-state index in [1.165, 1.54) is 22.0 Å². The Balaban J connectivity index is 1.38. The lowest BCUT2D eigenvalue weighted by Crippen LogP contribution is -2.46. The largest absolute Gasteiger partial charge is 0.302 e. The van der Waals surface area contributed by atoms with E-state index in [-0.39, 0.29) is 0 Å². The lowest BCUT2D eigenvalue weighted by molar-refractivity contribution is 0.148. The maximum Gasteiger partial charge on any atom is 0.0460 e. The number of likely N-dealkylation sites (tertiary alicyclic amines) is 1. The Morgan fingerprint density at radius 1 is 0.909 bits per heavy atom. The van der Waals surface area contributed by atoms with E-state index in [4.69, 9.17) is 0 Å². The minimum Gasteiger partial charge on any atom is -0.302 e. The van der Waals surface area contributed by atoms with Gasteiger partial charge >= 0.3 is 0 Å². The molecule has 0 aliphatic carbocycles. The van der Waals surface area contributed by atoms with E-state index in [2.05, 4.69) is 64.5 Å². The third-order valence-corrected chi connectivity index (χ3v) is 4.64. The van der Waals surface area contributed by atoms with Crippen LogP contribution < -0.4 is 0 Å². The second-order valence-corrected chi connectivity index (χ2v) is 6.10. The third kappa shape index (κ3) is 2.62. The first-order valence-electron chi connectivity index (χ1n) is 8.00. The Kier molecular flexibility index (Phi) is 3.61.